The maximum Gasteiger partial charge on any atom is 0.256 e. The smallest absolute Gasteiger partial charge is 0.256 e. The summed E-state index contributed by atoms with van der Waals surface area (Å²) in [5, 5.41) is 3.37. The van der Waals surface area contributed by atoms with Gasteiger partial charge in [-0.15, -0.1) is 0 Å². The first-order valence-corrected chi connectivity index (χ1v) is 7.91. The third kappa shape index (κ3) is 3.97. The first-order chi connectivity index (χ1) is 10.2. The number of hydrogen-bond acceptors (Lipinski definition) is 3. The Labute approximate surface area is 127 Å². The molecule has 1 fully saturated rings. The minimum absolute atomic E-state index is 0.107. The molecule has 1 saturated heterocycles. The molecular weight excluding hydrogens is 264 g/mol. The highest BCUT2D eigenvalue weighted by Gasteiger charge is 2.25. The van der Waals surface area contributed by atoms with E-state index in [1.165, 1.54) is 5.56 Å². The summed E-state index contributed by atoms with van der Waals surface area (Å²) >= 11 is 0. The van der Waals surface area contributed by atoms with Gasteiger partial charge in [-0.1, -0.05) is 19.9 Å². The zero-order chi connectivity index (χ0) is 15.2. The molecule has 0 bridgehead atoms. The highest BCUT2D eigenvalue weighted by atomic mass is 16.5. The molecule has 2 rings (SSSR count). The van der Waals surface area contributed by atoms with Crippen LogP contribution in [0, 0.1) is 6.92 Å². The number of ether oxygens (including phenoxy) is 1. The molecule has 21 heavy (non-hydrogen) atoms. The summed E-state index contributed by atoms with van der Waals surface area (Å²) in [6, 6.07) is 5.99. The van der Waals surface area contributed by atoms with E-state index in [1.807, 2.05) is 24.0 Å². The van der Waals surface area contributed by atoms with E-state index in [-0.39, 0.29) is 12.0 Å². The first-order valence-electron chi connectivity index (χ1n) is 7.91. The first kappa shape index (κ1) is 15.8. The molecule has 0 aliphatic carbocycles. The molecule has 0 radical (unpaired) electrons. The number of benzene rings is 1. The number of carbonyl (C=O) groups excluding carboxylic acids is 1. The monoisotopic (exact) mass is 290 g/mol. The predicted octanol–water partition coefficient (Wildman–Crippen LogP) is 3.07. The summed E-state index contributed by atoms with van der Waals surface area (Å²) < 4.78 is 5.65. The second kappa shape index (κ2) is 7.46. The molecule has 1 unspecified atom stereocenters. The van der Waals surface area contributed by atoms with Gasteiger partial charge in [-0.3, -0.25) is 4.79 Å². The molecule has 1 aromatic carbocycles. The Kier molecular flexibility index (Phi) is 5.62. The summed E-state index contributed by atoms with van der Waals surface area (Å²) in [5.41, 5.74) is 2.88. The molecule has 1 aliphatic heterocycles. The van der Waals surface area contributed by atoms with Crippen LogP contribution in [0.15, 0.2) is 18.2 Å². The summed E-state index contributed by atoms with van der Waals surface area (Å²) in [6.07, 6.45) is 2.15. The highest BCUT2D eigenvalue weighted by molar-refractivity contribution is 5.99. The molecular formula is C17H26N2O2. The molecule has 1 heterocycles. The van der Waals surface area contributed by atoms with Crippen LogP contribution in [-0.4, -0.2) is 43.2 Å². The van der Waals surface area contributed by atoms with Gasteiger partial charge in [-0.05, 0) is 37.5 Å². The molecule has 1 aromatic rings. The quantitative estimate of drug-likeness (QED) is 0.906. The lowest BCUT2D eigenvalue weighted by Crippen LogP contribution is -2.45. The van der Waals surface area contributed by atoms with Crippen molar-refractivity contribution in [3.8, 4) is 0 Å². The van der Waals surface area contributed by atoms with Crippen molar-refractivity contribution in [1.82, 2.24) is 4.90 Å². The Balaban J connectivity index is 2.17. The fourth-order valence-corrected chi connectivity index (χ4v) is 2.57. The van der Waals surface area contributed by atoms with E-state index in [2.05, 4.69) is 25.2 Å². The minimum atomic E-state index is 0.107. The van der Waals surface area contributed by atoms with Crippen molar-refractivity contribution >= 4 is 11.6 Å². The van der Waals surface area contributed by atoms with Gasteiger partial charge < -0.3 is 15.0 Å². The molecule has 4 heteroatoms. The predicted molar refractivity (Wildman–Crippen MR) is 85.9 cm³/mol. The Morgan fingerprint density at radius 2 is 2.24 bits per heavy atom. The van der Waals surface area contributed by atoms with Gasteiger partial charge in [0.05, 0.1) is 18.3 Å². The van der Waals surface area contributed by atoms with Crippen LogP contribution in [0.5, 0.6) is 0 Å². The number of rotatable bonds is 5. The second-order valence-electron chi connectivity index (χ2n) is 5.63. The Morgan fingerprint density at radius 3 is 2.95 bits per heavy atom. The van der Waals surface area contributed by atoms with E-state index >= 15 is 0 Å². The molecule has 1 amide bonds. The molecule has 0 spiro atoms. The molecule has 4 nitrogen and oxygen atoms in total. The normalized spacial score (nSPS) is 18.6. The fourth-order valence-electron chi connectivity index (χ4n) is 2.57. The van der Waals surface area contributed by atoms with Crippen molar-refractivity contribution in [2.45, 2.75) is 39.7 Å². The van der Waals surface area contributed by atoms with Crippen LogP contribution < -0.4 is 5.32 Å². The van der Waals surface area contributed by atoms with E-state index in [0.29, 0.717) is 19.7 Å². The van der Waals surface area contributed by atoms with E-state index in [4.69, 9.17) is 4.74 Å². The number of carbonyl (C=O) groups is 1. The third-order valence-corrected chi connectivity index (χ3v) is 3.85. The van der Waals surface area contributed by atoms with Gasteiger partial charge in [0.2, 0.25) is 0 Å². The van der Waals surface area contributed by atoms with Crippen LogP contribution in [0.25, 0.3) is 0 Å². The summed E-state index contributed by atoms with van der Waals surface area (Å²) in [7, 11) is 0. The van der Waals surface area contributed by atoms with Gasteiger partial charge in [0.15, 0.2) is 0 Å². The zero-order valence-corrected chi connectivity index (χ0v) is 13.3. The van der Waals surface area contributed by atoms with Crippen LogP contribution in [0.4, 0.5) is 5.69 Å². The number of morpholine rings is 1. The zero-order valence-electron chi connectivity index (χ0n) is 13.3. The topological polar surface area (TPSA) is 41.6 Å². The van der Waals surface area contributed by atoms with Crippen LogP contribution in [0.2, 0.25) is 0 Å². The minimum Gasteiger partial charge on any atom is -0.384 e. The van der Waals surface area contributed by atoms with Gasteiger partial charge >= 0.3 is 0 Å². The van der Waals surface area contributed by atoms with E-state index in [0.717, 1.165) is 30.6 Å². The van der Waals surface area contributed by atoms with Gasteiger partial charge in [0.1, 0.15) is 0 Å². The largest absolute Gasteiger partial charge is 0.384 e. The highest BCUT2D eigenvalue weighted by Crippen LogP contribution is 2.21. The van der Waals surface area contributed by atoms with Crippen LogP contribution in [0.3, 0.4) is 0 Å². The SMILES string of the molecule is CCCNc1cc(C)ccc1C(=O)N1CCOC(CC)C1. The molecule has 1 aliphatic rings. The van der Waals surface area contributed by atoms with E-state index in [9.17, 15) is 4.79 Å². The van der Waals surface area contributed by atoms with Crippen molar-refractivity contribution in [3.63, 3.8) is 0 Å². The second-order valence-corrected chi connectivity index (χ2v) is 5.63. The molecule has 1 N–H and O–H groups in total. The fraction of sp³-hybridized carbons (Fsp3) is 0.588. The van der Waals surface area contributed by atoms with Crippen LogP contribution in [0.1, 0.15) is 42.6 Å². The van der Waals surface area contributed by atoms with Crippen molar-refractivity contribution in [3.05, 3.63) is 29.3 Å². The van der Waals surface area contributed by atoms with Crippen LogP contribution >= 0.6 is 0 Å². The van der Waals surface area contributed by atoms with Gasteiger partial charge in [0, 0.05) is 25.3 Å². The molecule has 116 valence electrons. The average molecular weight is 290 g/mol. The molecule has 1 atom stereocenters. The number of nitrogens with zero attached hydrogens (tertiary/aromatic N) is 1. The van der Waals surface area contributed by atoms with Crippen molar-refractivity contribution < 1.29 is 9.53 Å². The van der Waals surface area contributed by atoms with E-state index < -0.39 is 0 Å². The third-order valence-electron chi connectivity index (χ3n) is 3.85. The summed E-state index contributed by atoms with van der Waals surface area (Å²) in [6.45, 7) is 9.15. The Morgan fingerprint density at radius 1 is 1.43 bits per heavy atom. The van der Waals surface area contributed by atoms with Crippen molar-refractivity contribution in [1.29, 1.82) is 0 Å². The van der Waals surface area contributed by atoms with Crippen LogP contribution in [-0.2, 0) is 4.74 Å². The number of amides is 1. The standard InChI is InChI=1S/C17H26N2O2/c1-4-8-18-16-11-13(3)6-7-15(16)17(20)19-9-10-21-14(5-2)12-19/h6-7,11,14,18H,4-5,8-10,12H2,1-3H3. The lowest BCUT2D eigenvalue weighted by atomic mass is 10.1. The number of anilines is 1. The maximum atomic E-state index is 12.8. The number of aryl methyl sites for hydroxylation is 1. The van der Waals surface area contributed by atoms with Crippen molar-refractivity contribution in [2.75, 3.05) is 31.6 Å². The molecule has 0 saturated carbocycles. The lowest BCUT2D eigenvalue weighted by molar-refractivity contribution is -0.0225. The lowest BCUT2D eigenvalue weighted by Gasteiger charge is -2.33. The van der Waals surface area contributed by atoms with Gasteiger partial charge in [-0.25, -0.2) is 0 Å². The van der Waals surface area contributed by atoms with Crippen molar-refractivity contribution in [2.24, 2.45) is 0 Å². The number of hydrogen-bond donors (Lipinski definition) is 1. The summed E-state index contributed by atoms with van der Waals surface area (Å²) in [4.78, 5) is 14.7. The maximum absolute atomic E-state index is 12.8. The molecule has 0 aromatic heterocycles. The Bertz CT molecular complexity index is 488. The van der Waals surface area contributed by atoms with Gasteiger partial charge in [0.25, 0.3) is 5.91 Å². The average Bonchev–Trinajstić information content (AvgIpc) is 2.52. The summed E-state index contributed by atoms with van der Waals surface area (Å²) in [5.74, 6) is 0.107. The van der Waals surface area contributed by atoms with E-state index in [1.54, 1.807) is 0 Å². The Hall–Kier alpha value is -1.55. The van der Waals surface area contributed by atoms with Gasteiger partial charge in [-0.2, -0.15) is 0 Å². The number of nitrogens with one attached hydrogen (secondary N) is 1.